The molecular formula is C15H22N4O. The summed E-state index contributed by atoms with van der Waals surface area (Å²) in [6.45, 7) is 4.47. The molecule has 0 fully saturated rings. The van der Waals surface area contributed by atoms with Crippen molar-refractivity contribution < 1.29 is 4.74 Å². The van der Waals surface area contributed by atoms with Gasteiger partial charge in [0.1, 0.15) is 0 Å². The summed E-state index contributed by atoms with van der Waals surface area (Å²) in [6, 6.07) is 7.92. The summed E-state index contributed by atoms with van der Waals surface area (Å²) < 4.78 is 5.84. The molecule has 0 radical (unpaired) electrons. The van der Waals surface area contributed by atoms with E-state index in [9.17, 15) is 0 Å². The highest BCUT2D eigenvalue weighted by Crippen LogP contribution is 2.23. The zero-order valence-corrected chi connectivity index (χ0v) is 12.4. The first-order chi connectivity index (χ1) is 9.70. The van der Waals surface area contributed by atoms with Crippen LogP contribution in [0.15, 0.2) is 24.3 Å². The van der Waals surface area contributed by atoms with Gasteiger partial charge in [-0.15, -0.1) is 0 Å². The Labute approximate surface area is 120 Å². The molecule has 0 unspecified atom stereocenters. The maximum Gasteiger partial charge on any atom is 0.226 e. The van der Waals surface area contributed by atoms with Crippen molar-refractivity contribution in [3.63, 3.8) is 0 Å². The van der Waals surface area contributed by atoms with Gasteiger partial charge in [-0.05, 0) is 39.6 Å². The maximum atomic E-state index is 5.84. The third-order valence-corrected chi connectivity index (χ3v) is 2.89. The van der Waals surface area contributed by atoms with Crippen molar-refractivity contribution >= 4 is 16.9 Å². The molecule has 0 bridgehead atoms. The van der Waals surface area contributed by atoms with Crippen molar-refractivity contribution in [3.05, 3.63) is 24.3 Å². The van der Waals surface area contributed by atoms with E-state index in [4.69, 9.17) is 4.74 Å². The number of aromatic nitrogens is 2. The number of benzene rings is 1. The van der Waals surface area contributed by atoms with Crippen molar-refractivity contribution in [1.82, 2.24) is 14.9 Å². The summed E-state index contributed by atoms with van der Waals surface area (Å²) in [7, 11) is 4.12. The highest BCUT2D eigenvalue weighted by molar-refractivity contribution is 5.84. The molecule has 1 N–H and O–H groups in total. The summed E-state index contributed by atoms with van der Waals surface area (Å²) in [5, 5.41) is 4.10. The number of nitrogens with zero attached hydrogens (tertiary/aromatic N) is 3. The summed E-state index contributed by atoms with van der Waals surface area (Å²) >= 11 is 0. The molecule has 0 amide bonds. The van der Waals surface area contributed by atoms with Crippen LogP contribution in [0.1, 0.15) is 13.3 Å². The first-order valence-corrected chi connectivity index (χ1v) is 6.99. The van der Waals surface area contributed by atoms with E-state index >= 15 is 0 Å². The molecule has 0 aliphatic carbocycles. The van der Waals surface area contributed by atoms with Crippen molar-refractivity contribution in [2.75, 3.05) is 39.1 Å². The molecule has 20 heavy (non-hydrogen) atoms. The Morgan fingerprint density at radius 2 is 2.00 bits per heavy atom. The average molecular weight is 274 g/mol. The number of ether oxygens (including phenoxy) is 1. The molecule has 0 atom stereocenters. The molecule has 0 spiro atoms. The maximum absolute atomic E-state index is 5.84. The van der Waals surface area contributed by atoms with Crippen LogP contribution in [-0.4, -0.2) is 48.7 Å². The SMILES string of the molecule is CCNc1nc(OCCCN(C)C)c2ccccc2n1. The van der Waals surface area contributed by atoms with E-state index in [1.165, 1.54) is 0 Å². The molecule has 0 saturated carbocycles. The molecule has 0 aliphatic heterocycles. The van der Waals surface area contributed by atoms with E-state index in [-0.39, 0.29) is 0 Å². The minimum atomic E-state index is 0.619. The number of nitrogens with one attached hydrogen (secondary N) is 1. The zero-order valence-electron chi connectivity index (χ0n) is 12.4. The lowest BCUT2D eigenvalue weighted by molar-refractivity contribution is 0.276. The van der Waals surface area contributed by atoms with Crippen LogP contribution in [0.3, 0.4) is 0 Å². The molecule has 2 aromatic rings. The van der Waals surface area contributed by atoms with Crippen LogP contribution >= 0.6 is 0 Å². The topological polar surface area (TPSA) is 50.3 Å². The lowest BCUT2D eigenvalue weighted by Crippen LogP contribution is -2.16. The van der Waals surface area contributed by atoms with Crippen LogP contribution in [0.2, 0.25) is 0 Å². The molecule has 5 nitrogen and oxygen atoms in total. The number of rotatable bonds is 7. The highest BCUT2D eigenvalue weighted by atomic mass is 16.5. The molecule has 1 heterocycles. The van der Waals surface area contributed by atoms with Crippen LogP contribution in [0, 0.1) is 0 Å². The summed E-state index contributed by atoms with van der Waals surface area (Å²) in [5.41, 5.74) is 0.904. The van der Waals surface area contributed by atoms with Gasteiger partial charge < -0.3 is 15.0 Å². The van der Waals surface area contributed by atoms with E-state index in [0.717, 1.165) is 30.4 Å². The first-order valence-electron chi connectivity index (χ1n) is 6.99. The van der Waals surface area contributed by atoms with Crippen LogP contribution in [0.5, 0.6) is 5.88 Å². The molecule has 0 saturated heterocycles. The number of hydrogen-bond donors (Lipinski definition) is 1. The van der Waals surface area contributed by atoms with E-state index in [1.54, 1.807) is 0 Å². The Bertz CT molecular complexity index is 557. The summed E-state index contributed by atoms with van der Waals surface area (Å²) in [6.07, 6.45) is 0.974. The zero-order chi connectivity index (χ0) is 14.4. The van der Waals surface area contributed by atoms with Gasteiger partial charge in [-0.3, -0.25) is 0 Å². The Kier molecular flexibility index (Phi) is 5.12. The second-order valence-electron chi connectivity index (χ2n) is 4.91. The smallest absolute Gasteiger partial charge is 0.226 e. The van der Waals surface area contributed by atoms with Gasteiger partial charge in [0.05, 0.1) is 17.5 Å². The monoisotopic (exact) mass is 274 g/mol. The fourth-order valence-electron chi connectivity index (χ4n) is 1.94. The van der Waals surface area contributed by atoms with Gasteiger partial charge in [-0.2, -0.15) is 4.98 Å². The molecule has 1 aromatic carbocycles. The van der Waals surface area contributed by atoms with E-state index in [2.05, 4.69) is 34.3 Å². The van der Waals surface area contributed by atoms with Gasteiger partial charge in [0.2, 0.25) is 11.8 Å². The second-order valence-corrected chi connectivity index (χ2v) is 4.91. The quantitative estimate of drug-likeness (QED) is 0.786. The lowest BCUT2D eigenvalue weighted by Gasteiger charge is -2.12. The van der Waals surface area contributed by atoms with Gasteiger partial charge in [0.25, 0.3) is 0 Å². The second kappa shape index (κ2) is 7.05. The minimum absolute atomic E-state index is 0.619. The van der Waals surface area contributed by atoms with E-state index < -0.39 is 0 Å². The first kappa shape index (κ1) is 14.5. The summed E-state index contributed by atoms with van der Waals surface area (Å²) in [5.74, 6) is 1.28. The van der Waals surface area contributed by atoms with Crippen molar-refractivity contribution in [1.29, 1.82) is 0 Å². The molecular weight excluding hydrogens is 252 g/mol. The third-order valence-electron chi connectivity index (χ3n) is 2.89. The van der Waals surface area contributed by atoms with Gasteiger partial charge >= 0.3 is 0 Å². The van der Waals surface area contributed by atoms with Crippen LogP contribution in [-0.2, 0) is 0 Å². The van der Waals surface area contributed by atoms with Gasteiger partial charge in [0, 0.05) is 13.1 Å². The number of hydrogen-bond acceptors (Lipinski definition) is 5. The Balaban J connectivity index is 2.16. The predicted molar refractivity (Wildman–Crippen MR) is 82.4 cm³/mol. The number of fused-ring (bicyclic) bond motifs is 1. The van der Waals surface area contributed by atoms with Crippen LogP contribution in [0.4, 0.5) is 5.95 Å². The predicted octanol–water partition coefficient (Wildman–Crippen LogP) is 2.39. The van der Waals surface area contributed by atoms with Gasteiger partial charge in [-0.25, -0.2) is 4.98 Å². The van der Waals surface area contributed by atoms with Crippen molar-refractivity contribution in [2.45, 2.75) is 13.3 Å². The number of anilines is 1. The molecule has 5 heteroatoms. The Morgan fingerprint density at radius 3 is 2.75 bits per heavy atom. The molecule has 108 valence electrons. The van der Waals surface area contributed by atoms with Gasteiger partial charge in [-0.1, -0.05) is 12.1 Å². The fraction of sp³-hybridized carbons (Fsp3) is 0.467. The van der Waals surface area contributed by atoms with E-state index in [0.29, 0.717) is 18.4 Å². The van der Waals surface area contributed by atoms with Crippen LogP contribution in [0.25, 0.3) is 10.9 Å². The largest absolute Gasteiger partial charge is 0.477 e. The van der Waals surface area contributed by atoms with Gasteiger partial charge in [0.15, 0.2) is 0 Å². The Morgan fingerprint density at radius 1 is 1.20 bits per heavy atom. The normalized spacial score (nSPS) is 11.0. The number of para-hydroxylation sites is 1. The fourth-order valence-corrected chi connectivity index (χ4v) is 1.94. The van der Waals surface area contributed by atoms with Crippen molar-refractivity contribution in [3.8, 4) is 5.88 Å². The lowest BCUT2D eigenvalue weighted by atomic mass is 10.2. The molecule has 1 aromatic heterocycles. The minimum Gasteiger partial charge on any atom is -0.477 e. The molecule has 2 rings (SSSR count). The summed E-state index contributed by atoms with van der Waals surface area (Å²) in [4.78, 5) is 11.1. The van der Waals surface area contributed by atoms with Crippen LogP contribution < -0.4 is 10.1 Å². The van der Waals surface area contributed by atoms with E-state index in [1.807, 2.05) is 31.2 Å². The van der Waals surface area contributed by atoms with Crippen molar-refractivity contribution in [2.24, 2.45) is 0 Å². The standard InChI is InChI=1S/C15H22N4O/c1-4-16-15-17-13-9-6-5-8-12(13)14(18-15)20-11-7-10-19(2)3/h5-6,8-9H,4,7,10-11H2,1-3H3,(H,16,17,18). The third kappa shape index (κ3) is 3.81. The highest BCUT2D eigenvalue weighted by Gasteiger charge is 2.08. The average Bonchev–Trinajstić information content (AvgIpc) is 2.43. The Hall–Kier alpha value is -1.88. The molecule has 0 aliphatic rings.